The van der Waals surface area contributed by atoms with Crippen LogP contribution in [0.2, 0.25) is 0 Å². The molecule has 0 N–H and O–H groups in total. The maximum absolute atomic E-state index is 5.17. The zero-order valence-electron chi connectivity index (χ0n) is 79.3. The monoisotopic (exact) mass is 1860 g/mol. The van der Waals surface area contributed by atoms with Crippen molar-refractivity contribution < 1.29 is 0 Å². The molecule has 0 fully saturated rings. The van der Waals surface area contributed by atoms with E-state index in [1.165, 1.54) is 191 Å². The Hall–Kier alpha value is -19.1. The molecule has 3 heterocycles. The minimum atomic E-state index is 0. The summed E-state index contributed by atoms with van der Waals surface area (Å²) in [5.74, 6) is 2.00. The standard InChI is InChI=1S/C53H34N2.C44H29N.C43H28N2.CH4/c1-2-16-44(17-3-1)55-50-21-11-10-20-49(50)54-53(55)38-26-22-37(23-27-38)41-30-31-47-48(34-41)52(43-29-25-36-13-5-7-15-40(36)33-43)46-19-9-8-18-45(46)51(47)42-28-24-35-12-4-6-14-39(35)32-42;1-2-13-30(14-3-1)43-39-20-10-11-21-40(39)45-44(43)32-25-23-31(24-26-32)41-35-16-6-8-18-37(35)42(38-19-9-7-17-36(38)41)34-27-22-29-12-4-5-15-33(29)28-34;1-2-13-31(14-3-1)43-44-39-20-10-11-21-40(39)45(43)34-26-24-30(25-27-34)41-35-16-6-8-18-37(35)42(38-19-9-7-17-36(38)41)33-23-22-29-12-4-5-15-32(29)28-33;/h1-34H;1-28,43H;1-28H;1H4. The van der Waals surface area contributed by atoms with E-state index in [2.05, 4.69) is 549 Å². The SMILES string of the molecule is C.c1ccc(-c2nc3ccccc3n2-c2ccc(-c3c4ccccc4c(-c4ccc5ccccc5c4)c4ccccc34)cc2)cc1.c1ccc(-n2c(-c3ccc(-c4ccc5c(-c6ccc7ccccc7c6)c6ccccc6c(-c6ccc7ccccc7c6)c5c4)cc3)nc3ccccc32)cc1.c1ccc(C2C(c3ccc(-c4c5ccccc5c(-c5ccc6ccccc6c5)c5ccccc45)cc3)=Nc3ccccc32)cc1. The highest BCUT2D eigenvalue weighted by Crippen LogP contribution is 2.51. The lowest BCUT2D eigenvalue weighted by molar-refractivity contribution is 1.10. The van der Waals surface area contributed by atoms with Gasteiger partial charge in [-0.25, -0.2) is 9.97 Å². The first-order valence-corrected chi connectivity index (χ1v) is 49.9. The number of hydrogen-bond acceptors (Lipinski definition) is 3. The number of aromatic nitrogens is 4. The van der Waals surface area contributed by atoms with Crippen molar-refractivity contribution in [2.75, 3.05) is 0 Å². The van der Waals surface area contributed by atoms with Crippen LogP contribution in [0.4, 0.5) is 5.69 Å². The molecule has 1 atom stereocenters. The molecule has 2 aromatic heterocycles. The lowest BCUT2D eigenvalue weighted by atomic mass is 9.84. The molecule has 0 saturated heterocycles. The van der Waals surface area contributed by atoms with Crippen molar-refractivity contribution in [2.45, 2.75) is 13.3 Å². The van der Waals surface area contributed by atoms with E-state index in [0.717, 1.165) is 78.7 Å². The highest BCUT2D eigenvalue weighted by molar-refractivity contribution is 6.26. The summed E-state index contributed by atoms with van der Waals surface area (Å²) in [4.78, 5) is 15.3. The molecule has 0 bridgehead atoms. The Labute approximate surface area is 847 Å². The molecule has 5 nitrogen and oxygen atoms in total. The summed E-state index contributed by atoms with van der Waals surface area (Å²) in [6.07, 6.45) is 0. The van der Waals surface area contributed by atoms with Gasteiger partial charge in [-0.1, -0.05) is 468 Å². The molecule has 1 aliphatic rings. The van der Waals surface area contributed by atoms with Crippen LogP contribution in [-0.4, -0.2) is 24.8 Å². The fourth-order valence-corrected chi connectivity index (χ4v) is 22.8. The van der Waals surface area contributed by atoms with E-state index >= 15 is 0 Å². The number of para-hydroxylation sites is 6. The van der Waals surface area contributed by atoms with Crippen molar-refractivity contribution >= 4 is 141 Å². The molecule has 1 aliphatic heterocycles. The van der Waals surface area contributed by atoms with E-state index < -0.39 is 0 Å². The molecule has 29 rings (SSSR count). The number of nitrogens with zero attached hydrogens (tertiary/aromatic N) is 5. The molecular weight excluding hydrogens is 1760 g/mol. The molecule has 26 aromatic carbocycles. The van der Waals surface area contributed by atoms with E-state index in [1.54, 1.807) is 0 Å². The largest absolute Gasteiger partial charge is 0.292 e. The van der Waals surface area contributed by atoms with Crippen molar-refractivity contribution in [3.63, 3.8) is 0 Å². The van der Waals surface area contributed by atoms with E-state index in [-0.39, 0.29) is 13.3 Å². The Bertz CT molecular complexity index is 9880. The summed E-state index contributed by atoms with van der Waals surface area (Å²) in [5, 5.41) is 25.1. The van der Waals surface area contributed by atoms with Gasteiger partial charge in [-0.3, -0.25) is 14.1 Å². The van der Waals surface area contributed by atoms with Gasteiger partial charge in [0.2, 0.25) is 0 Å². The Kier molecular flexibility index (Phi) is 22.2. The van der Waals surface area contributed by atoms with Crippen LogP contribution in [0.5, 0.6) is 0 Å². The van der Waals surface area contributed by atoms with Gasteiger partial charge in [-0.2, -0.15) is 0 Å². The highest BCUT2D eigenvalue weighted by atomic mass is 15.1. The van der Waals surface area contributed by atoms with Gasteiger partial charge >= 0.3 is 0 Å². The third-order valence-corrected chi connectivity index (χ3v) is 29.5. The second-order valence-electron chi connectivity index (χ2n) is 37.8. The van der Waals surface area contributed by atoms with Gasteiger partial charge in [0.1, 0.15) is 11.6 Å². The predicted molar refractivity (Wildman–Crippen MR) is 620 cm³/mol. The third-order valence-electron chi connectivity index (χ3n) is 29.5. The number of rotatable bonds is 13. The maximum Gasteiger partial charge on any atom is 0.145 e. The normalized spacial score (nSPS) is 12.3. The van der Waals surface area contributed by atoms with Crippen LogP contribution in [0.3, 0.4) is 0 Å². The summed E-state index contributed by atoms with van der Waals surface area (Å²) in [6.45, 7) is 0. The van der Waals surface area contributed by atoms with E-state index in [9.17, 15) is 0 Å². The van der Waals surface area contributed by atoms with Gasteiger partial charge in [-0.05, 0) is 287 Å². The Balaban J connectivity index is 0.000000112. The van der Waals surface area contributed by atoms with Gasteiger partial charge in [0.15, 0.2) is 0 Å². The Morgan fingerprint density at radius 2 is 0.445 bits per heavy atom. The smallest absolute Gasteiger partial charge is 0.145 e. The van der Waals surface area contributed by atoms with Gasteiger partial charge in [0, 0.05) is 22.5 Å². The molecule has 684 valence electrons. The summed E-state index contributed by atoms with van der Waals surface area (Å²) in [5.41, 5.74) is 31.7. The van der Waals surface area contributed by atoms with E-state index in [1.807, 2.05) is 6.07 Å². The van der Waals surface area contributed by atoms with Crippen molar-refractivity contribution in [1.29, 1.82) is 0 Å². The van der Waals surface area contributed by atoms with Crippen LogP contribution in [0.25, 0.3) is 242 Å². The molecule has 0 saturated carbocycles. The zero-order chi connectivity index (χ0) is 95.8. The van der Waals surface area contributed by atoms with Crippen LogP contribution >= 0.6 is 0 Å². The van der Waals surface area contributed by atoms with Crippen LogP contribution in [0.1, 0.15) is 30.0 Å². The van der Waals surface area contributed by atoms with Crippen LogP contribution in [0, 0.1) is 0 Å². The quantitative estimate of drug-likeness (QED) is 0.108. The zero-order valence-corrected chi connectivity index (χ0v) is 79.3. The van der Waals surface area contributed by atoms with Crippen LogP contribution in [-0.2, 0) is 0 Å². The number of imidazole rings is 2. The van der Waals surface area contributed by atoms with Gasteiger partial charge in [0.25, 0.3) is 0 Å². The molecule has 0 spiro atoms. The average molecular weight is 1860 g/mol. The minimum Gasteiger partial charge on any atom is -0.292 e. The van der Waals surface area contributed by atoms with Crippen molar-refractivity contribution in [1.82, 2.24) is 19.1 Å². The van der Waals surface area contributed by atoms with Crippen molar-refractivity contribution in [2.24, 2.45) is 4.99 Å². The first-order valence-electron chi connectivity index (χ1n) is 49.9. The highest BCUT2D eigenvalue weighted by Gasteiger charge is 2.31. The first kappa shape index (κ1) is 87.2. The number of aliphatic imine (C=N–C) groups is 1. The molecule has 146 heavy (non-hydrogen) atoms. The van der Waals surface area contributed by atoms with Crippen LogP contribution < -0.4 is 0 Å². The van der Waals surface area contributed by atoms with Gasteiger partial charge < -0.3 is 0 Å². The number of fused-ring (bicyclic) bond motifs is 13. The lowest BCUT2D eigenvalue weighted by Gasteiger charge is -2.19. The van der Waals surface area contributed by atoms with E-state index in [4.69, 9.17) is 15.0 Å². The fraction of sp³-hybridized carbons (Fsp3) is 0.0142. The fourth-order valence-electron chi connectivity index (χ4n) is 22.8. The molecule has 0 aliphatic carbocycles. The third kappa shape index (κ3) is 15.5. The Morgan fingerprint density at radius 3 is 0.856 bits per heavy atom. The summed E-state index contributed by atoms with van der Waals surface area (Å²) in [7, 11) is 0. The van der Waals surface area contributed by atoms with Crippen molar-refractivity contribution in [3.8, 4) is 112 Å². The molecular formula is C141H95N5. The first-order chi connectivity index (χ1) is 71.9. The van der Waals surface area contributed by atoms with Crippen molar-refractivity contribution in [3.05, 3.63) is 563 Å². The second-order valence-corrected chi connectivity index (χ2v) is 37.8. The molecule has 28 aromatic rings. The molecule has 1 unspecified atom stereocenters. The molecule has 0 amide bonds. The van der Waals surface area contributed by atoms with Gasteiger partial charge in [0.05, 0.1) is 39.4 Å². The Morgan fingerprint density at radius 1 is 0.171 bits per heavy atom. The second kappa shape index (κ2) is 37.2. The van der Waals surface area contributed by atoms with E-state index in [0.29, 0.717) is 0 Å². The maximum atomic E-state index is 5.17. The lowest BCUT2D eigenvalue weighted by Crippen LogP contribution is -2.11. The number of hydrogen-bond donors (Lipinski definition) is 0. The number of benzene rings is 26. The summed E-state index contributed by atoms with van der Waals surface area (Å²) >= 11 is 0. The van der Waals surface area contributed by atoms with Gasteiger partial charge in [-0.15, -0.1) is 0 Å². The summed E-state index contributed by atoms with van der Waals surface area (Å²) in [6, 6.07) is 197. The average Bonchev–Trinajstić information content (AvgIpc) is 0.932. The molecule has 0 radical (unpaired) electrons. The molecule has 5 heteroatoms. The topological polar surface area (TPSA) is 48.0 Å². The predicted octanol–water partition coefficient (Wildman–Crippen LogP) is 38.2. The summed E-state index contributed by atoms with van der Waals surface area (Å²) < 4.78 is 4.53. The van der Waals surface area contributed by atoms with Crippen LogP contribution in [0.15, 0.2) is 551 Å². The minimum absolute atomic E-state index is 0.